The van der Waals surface area contributed by atoms with Crippen molar-refractivity contribution in [2.24, 2.45) is 5.41 Å². The van der Waals surface area contributed by atoms with E-state index in [2.05, 4.69) is 20.4 Å². The minimum atomic E-state index is -0.461. The molecule has 1 rings (SSSR count). The third-order valence-electron chi connectivity index (χ3n) is 4.28. The smallest absolute Gasteiger partial charge is 0.0877 e. The molecular weight excluding hydrogens is 244 g/mol. The fraction of sp³-hybridized carbons (Fsp3) is 0.579. The molecule has 0 aliphatic rings. The van der Waals surface area contributed by atoms with E-state index in [4.69, 9.17) is 0 Å². The summed E-state index contributed by atoms with van der Waals surface area (Å²) in [6.45, 7) is 8.30. The molecule has 0 saturated carbocycles. The summed E-state index contributed by atoms with van der Waals surface area (Å²) in [7, 11) is 0. The Morgan fingerprint density at radius 2 is 1.70 bits per heavy atom. The van der Waals surface area contributed by atoms with Gasteiger partial charge in [0.05, 0.1) is 6.10 Å². The highest BCUT2D eigenvalue weighted by Gasteiger charge is 2.30. The van der Waals surface area contributed by atoms with Crippen LogP contribution in [0, 0.1) is 5.41 Å². The SMILES string of the molecule is C=C[C@](C)(CCCCCCCC)[C@H](O)c1ccccc1. The van der Waals surface area contributed by atoms with Crippen LogP contribution in [0.3, 0.4) is 0 Å². The van der Waals surface area contributed by atoms with Crippen molar-refractivity contribution in [2.45, 2.75) is 64.9 Å². The van der Waals surface area contributed by atoms with E-state index in [0.717, 1.165) is 18.4 Å². The van der Waals surface area contributed by atoms with Gasteiger partial charge in [0.25, 0.3) is 0 Å². The second-order valence-corrected chi connectivity index (χ2v) is 6.04. The van der Waals surface area contributed by atoms with Crippen LogP contribution in [0.5, 0.6) is 0 Å². The second-order valence-electron chi connectivity index (χ2n) is 6.04. The molecule has 112 valence electrons. The molecular formula is C19H30O. The molecule has 0 aliphatic heterocycles. The zero-order chi connectivity index (χ0) is 14.8. The summed E-state index contributed by atoms with van der Waals surface area (Å²) in [6.07, 6.45) is 10.2. The van der Waals surface area contributed by atoms with Gasteiger partial charge in [0, 0.05) is 5.41 Å². The standard InChI is InChI=1S/C19H30O/c1-4-6-7-8-9-13-16-19(3,5-2)18(20)17-14-11-10-12-15-17/h5,10-12,14-15,18,20H,2,4,6-9,13,16H2,1,3H3/t18-,19-/m1/s1. The van der Waals surface area contributed by atoms with Crippen molar-refractivity contribution >= 4 is 0 Å². The van der Waals surface area contributed by atoms with E-state index < -0.39 is 6.10 Å². The molecule has 2 atom stereocenters. The van der Waals surface area contributed by atoms with Gasteiger partial charge in [0.1, 0.15) is 0 Å². The molecule has 0 unspecified atom stereocenters. The van der Waals surface area contributed by atoms with E-state index in [1.165, 1.54) is 32.1 Å². The number of hydrogen-bond donors (Lipinski definition) is 1. The molecule has 1 heteroatoms. The molecule has 0 saturated heterocycles. The van der Waals surface area contributed by atoms with E-state index in [9.17, 15) is 5.11 Å². The van der Waals surface area contributed by atoms with Gasteiger partial charge in [-0.3, -0.25) is 0 Å². The Morgan fingerprint density at radius 3 is 2.30 bits per heavy atom. The zero-order valence-corrected chi connectivity index (χ0v) is 13.1. The molecule has 0 bridgehead atoms. The number of aliphatic hydroxyl groups excluding tert-OH is 1. The Labute approximate surface area is 124 Å². The Hall–Kier alpha value is -1.08. The first-order valence-corrected chi connectivity index (χ1v) is 8.00. The summed E-state index contributed by atoms with van der Waals surface area (Å²) >= 11 is 0. The maximum Gasteiger partial charge on any atom is 0.0877 e. The first-order chi connectivity index (χ1) is 9.64. The van der Waals surface area contributed by atoms with Crippen molar-refractivity contribution < 1.29 is 5.11 Å². The van der Waals surface area contributed by atoms with Crippen LogP contribution in [0.2, 0.25) is 0 Å². The predicted molar refractivity (Wildman–Crippen MR) is 87.7 cm³/mol. The lowest BCUT2D eigenvalue weighted by atomic mass is 9.76. The Morgan fingerprint density at radius 1 is 1.10 bits per heavy atom. The lowest BCUT2D eigenvalue weighted by Gasteiger charge is -2.32. The van der Waals surface area contributed by atoms with Gasteiger partial charge in [0.15, 0.2) is 0 Å². The minimum absolute atomic E-state index is 0.230. The summed E-state index contributed by atoms with van der Waals surface area (Å²) in [5, 5.41) is 10.6. The van der Waals surface area contributed by atoms with Gasteiger partial charge >= 0.3 is 0 Å². The van der Waals surface area contributed by atoms with E-state index in [0.29, 0.717) is 0 Å². The Kier molecular flexibility index (Phi) is 7.61. The molecule has 0 aliphatic carbocycles. The number of aliphatic hydroxyl groups is 1. The monoisotopic (exact) mass is 274 g/mol. The van der Waals surface area contributed by atoms with E-state index >= 15 is 0 Å². The van der Waals surface area contributed by atoms with Crippen LogP contribution in [-0.4, -0.2) is 5.11 Å². The van der Waals surface area contributed by atoms with Crippen LogP contribution < -0.4 is 0 Å². The van der Waals surface area contributed by atoms with Crippen LogP contribution in [0.4, 0.5) is 0 Å². The van der Waals surface area contributed by atoms with E-state index in [-0.39, 0.29) is 5.41 Å². The zero-order valence-electron chi connectivity index (χ0n) is 13.1. The van der Waals surface area contributed by atoms with Crippen molar-refractivity contribution in [1.29, 1.82) is 0 Å². The maximum atomic E-state index is 10.6. The van der Waals surface area contributed by atoms with Crippen LogP contribution in [0.25, 0.3) is 0 Å². The Bertz CT molecular complexity index is 371. The van der Waals surface area contributed by atoms with E-state index in [1.807, 2.05) is 36.4 Å². The molecule has 0 amide bonds. The number of rotatable bonds is 10. The molecule has 0 spiro atoms. The summed E-state index contributed by atoms with van der Waals surface area (Å²) < 4.78 is 0. The third kappa shape index (κ3) is 5.13. The quantitative estimate of drug-likeness (QED) is 0.431. The van der Waals surface area contributed by atoms with Crippen molar-refractivity contribution in [3.05, 3.63) is 48.6 Å². The molecule has 0 radical (unpaired) electrons. The van der Waals surface area contributed by atoms with Gasteiger partial charge in [-0.15, -0.1) is 6.58 Å². The third-order valence-corrected chi connectivity index (χ3v) is 4.28. The average Bonchev–Trinajstić information content (AvgIpc) is 2.50. The van der Waals surface area contributed by atoms with Crippen LogP contribution in [0.1, 0.15) is 70.5 Å². The highest BCUT2D eigenvalue weighted by atomic mass is 16.3. The van der Waals surface area contributed by atoms with Crippen molar-refractivity contribution in [3.8, 4) is 0 Å². The Balaban J connectivity index is 2.47. The molecule has 0 heterocycles. The van der Waals surface area contributed by atoms with E-state index in [1.54, 1.807) is 0 Å². The molecule has 20 heavy (non-hydrogen) atoms. The fourth-order valence-electron chi connectivity index (χ4n) is 2.65. The second kappa shape index (κ2) is 8.97. The lowest BCUT2D eigenvalue weighted by molar-refractivity contribution is 0.0620. The van der Waals surface area contributed by atoms with Gasteiger partial charge in [-0.25, -0.2) is 0 Å². The highest BCUT2D eigenvalue weighted by molar-refractivity contribution is 5.21. The number of benzene rings is 1. The molecule has 0 fully saturated rings. The molecule has 1 aromatic carbocycles. The minimum Gasteiger partial charge on any atom is -0.388 e. The normalized spacial score (nSPS) is 15.6. The van der Waals surface area contributed by atoms with Crippen molar-refractivity contribution in [3.63, 3.8) is 0 Å². The maximum absolute atomic E-state index is 10.6. The fourth-order valence-corrected chi connectivity index (χ4v) is 2.65. The van der Waals surface area contributed by atoms with Gasteiger partial charge in [-0.2, -0.15) is 0 Å². The number of unbranched alkanes of at least 4 members (excludes halogenated alkanes) is 5. The van der Waals surface area contributed by atoms with Gasteiger partial charge in [-0.05, 0) is 12.0 Å². The van der Waals surface area contributed by atoms with Crippen molar-refractivity contribution in [2.75, 3.05) is 0 Å². The number of hydrogen-bond acceptors (Lipinski definition) is 1. The summed E-state index contributed by atoms with van der Waals surface area (Å²) in [6, 6.07) is 9.93. The molecule has 1 aromatic rings. The topological polar surface area (TPSA) is 20.2 Å². The van der Waals surface area contributed by atoms with Gasteiger partial charge < -0.3 is 5.11 Å². The van der Waals surface area contributed by atoms with Gasteiger partial charge in [-0.1, -0.05) is 88.8 Å². The summed E-state index contributed by atoms with van der Waals surface area (Å²) in [5.41, 5.74) is 0.757. The van der Waals surface area contributed by atoms with Crippen LogP contribution in [-0.2, 0) is 0 Å². The van der Waals surface area contributed by atoms with Crippen molar-refractivity contribution in [1.82, 2.24) is 0 Å². The van der Waals surface area contributed by atoms with Crippen LogP contribution >= 0.6 is 0 Å². The summed E-state index contributed by atoms with van der Waals surface area (Å²) in [4.78, 5) is 0. The van der Waals surface area contributed by atoms with Crippen LogP contribution in [0.15, 0.2) is 43.0 Å². The first-order valence-electron chi connectivity index (χ1n) is 8.00. The largest absolute Gasteiger partial charge is 0.388 e. The highest BCUT2D eigenvalue weighted by Crippen LogP contribution is 2.39. The molecule has 0 aromatic heterocycles. The molecule has 1 N–H and O–H groups in total. The average molecular weight is 274 g/mol. The first kappa shape index (κ1) is 17.0. The lowest BCUT2D eigenvalue weighted by Crippen LogP contribution is -2.23. The predicted octanol–water partition coefficient (Wildman–Crippen LogP) is 5.66. The summed E-state index contributed by atoms with van der Waals surface area (Å²) in [5.74, 6) is 0. The van der Waals surface area contributed by atoms with Gasteiger partial charge in [0.2, 0.25) is 0 Å². The molecule has 1 nitrogen and oxygen atoms in total.